The van der Waals surface area contributed by atoms with Gasteiger partial charge in [0.15, 0.2) is 17.5 Å². The van der Waals surface area contributed by atoms with Crippen molar-refractivity contribution in [2.45, 2.75) is 0 Å². The molecule has 2 heterocycles. The van der Waals surface area contributed by atoms with Crippen LogP contribution < -0.4 is 0 Å². The Balaban J connectivity index is 1.44. The van der Waals surface area contributed by atoms with E-state index in [1.54, 1.807) is 0 Å². The van der Waals surface area contributed by atoms with Gasteiger partial charge in [0.2, 0.25) is 0 Å². The molecule has 4 heteroatoms. The molecular weight excluding hydrogens is 550 g/mol. The summed E-state index contributed by atoms with van der Waals surface area (Å²) in [4.78, 5) is 13.0. The maximum absolute atomic E-state index is 9.49. The summed E-state index contributed by atoms with van der Waals surface area (Å²) < 4.78 is 224. The van der Waals surface area contributed by atoms with Crippen LogP contribution in [0.25, 0.3) is 88.8 Å². The largest absolute Gasteiger partial charge is 0.456 e. The lowest BCUT2D eigenvalue weighted by Gasteiger charge is -2.11. The van der Waals surface area contributed by atoms with Gasteiger partial charge in [-0.2, -0.15) is 0 Å². The monoisotopic (exact) mass is 600 g/mol. The zero-order valence-electron chi connectivity index (χ0n) is 47.2. The van der Waals surface area contributed by atoms with E-state index in [9.17, 15) is 8.22 Å². The topological polar surface area (TPSA) is 51.8 Å². The van der Waals surface area contributed by atoms with Gasteiger partial charge in [0, 0.05) is 27.5 Å². The highest BCUT2D eigenvalue weighted by atomic mass is 16.3. The molecule has 9 aromatic rings. The molecule has 0 bridgehead atoms. The molecule has 0 aliphatic carbocycles. The molecule has 0 amide bonds. The van der Waals surface area contributed by atoms with Crippen molar-refractivity contribution in [3.8, 4) is 45.3 Å². The molecule has 0 fully saturated rings. The number of furan rings is 1. The molecule has 0 radical (unpaired) electrons. The lowest BCUT2D eigenvalue weighted by Crippen LogP contribution is -2.00. The summed E-state index contributed by atoms with van der Waals surface area (Å²) >= 11 is 0. The first kappa shape index (κ1) is 10.8. The molecule has 2 aromatic heterocycles. The van der Waals surface area contributed by atoms with Crippen molar-refractivity contribution in [2.24, 2.45) is 0 Å². The van der Waals surface area contributed by atoms with Gasteiger partial charge in [0.1, 0.15) is 11.2 Å². The van der Waals surface area contributed by atoms with E-state index in [2.05, 4.69) is 15.0 Å². The van der Waals surface area contributed by atoms with Crippen molar-refractivity contribution in [1.82, 2.24) is 15.0 Å². The summed E-state index contributed by atoms with van der Waals surface area (Å²) in [5, 5.41) is -3.26. The summed E-state index contributed by atoms with van der Waals surface area (Å²) in [5.74, 6) is -2.38. The van der Waals surface area contributed by atoms with E-state index in [1.807, 2.05) is 0 Å². The van der Waals surface area contributed by atoms with Crippen LogP contribution in [0.2, 0.25) is 0 Å². The quantitative estimate of drug-likeness (QED) is 0.202. The molecule has 0 unspecified atom stereocenters. The van der Waals surface area contributed by atoms with Crippen LogP contribution in [0.5, 0.6) is 0 Å². The van der Waals surface area contributed by atoms with Crippen LogP contribution in [0.1, 0.15) is 34.3 Å². The predicted molar refractivity (Wildman–Crippen MR) is 184 cm³/mol. The zero-order valence-corrected chi connectivity index (χ0v) is 22.2. The molecule has 7 aromatic carbocycles. The van der Waals surface area contributed by atoms with Crippen LogP contribution in [-0.4, -0.2) is 15.0 Å². The lowest BCUT2D eigenvalue weighted by atomic mass is 9.96. The molecule has 0 saturated carbocycles. The van der Waals surface area contributed by atoms with Crippen molar-refractivity contribution in [3.63, 3.8) is 0 Å². The molecule has 0 spiro atoms. The van der Waals surface area contributed by atoms with Gasteiger partial charge in [-0.25, -0.2) is 15.0 Å². The zero-order chi connectivity index (χ0) is 51.5. The summed E-state index contributed by atoms with van der Waals surface area (Å²) in [6.07, 6.45) is 0. The van der Waals surface area contributed by atoms with Crippen LogP contribution in [0, 0.1) is 0 Å². The van der Waals surface area contributed by atoms with Gasteiger partial charge < -0.3 is 4.42 Å². The fourth-order valence-electron chi connectivity index (χ4n) is 4.71. The molecule has 4 nitrogen and oxygen atoms in total. The average molecular weight is 601 g/mol. The molecule has 0 aliphatic rings. The smallest absolute Gasteiger partial charge is 0.164 e. The van der Waals surface area contributed by atoms with Crippen LogP contribution >= 0.6 is 0 Å². The number of rotatable bonds is 4. The third-order valence-electron chi connectivity index (χ3n) is 6.69. The fraction of sp³-hybridized carbons (Fsp3) is 0. The molecule has 0 aliphatic heterocycles. The maximum Gasteiger partial charge on any atom is 0.164 e. The third-order valence-corrected chi connectivity index (χ3v) is 6.69. The molecule has 0 atom stereocenters. The van der Waals surface area contributed by atoms with Gasteiger partial charge in [-0.3, -0.25) is 0 Å². The SMILES string of the molecule is [2H]c1c([2H])c([2H])c(-c2nc(-c3c([2H])c([2H])c4c([2H])c(-c5c([2H])c([2H])c([2H])c6c([2H])c([2H])c([2H])c([2H])c56)c([2H])c([2H])c4c3[2H])nc(-c3c([2H])c([2H])c([2H])c4oc5c([2H])c([2H])c([2H])c([2H])c5c34)n2)c([2H])c1[2H]. The summed E-state index contributed by atoms with van der Waals surface area (Å²) in [6.45, 7) is 0. The first-order valence-corrected chi connectivity index (χ1v) is 13.0. The van der Waals surface area contributed by atoms with E-state index in [4.69, 9.17) is 30.5 Å². The van der Waals surface area contributed by atoms with E-state index in [1.165, 1.54) is 0 Å². The van der Waals surface area contributed by atoms with Crippen molar-refractivity contribution in [1.29, 1.82) is 0 Å². The van der Waals surface area contributed by atoms with Crippen LogP contribution in [0.4, 0.5) is 0 Å². The Hall–Kier alpha value is -6.13. The van der Waals surface area contributed by atoms with Crippen LogP contribution in [0.15, 0.2) is 155 Å². The minimum atomic E-state index is -0.986. The summed E-state index contributed by atoms with van der Waals surface area (Å²) in [6, 6.07) is -21.1. The molecule has 210 valence electrons. The number of benzene rings is 7. The highest BCUT2D eigenvalue weighted by Gasteiger charge is 2.18. The van der Waals surface area contributed by atoms with E-state index in [-0.39, 0.29) is 0 Å². The normalized spacial score (nSPS) is 19.3. The van der Waals surface area contributed by atoms with Crippen molar-refractivity contribution < 1.29 is 38.7 Å². The molecule has 9 rings (SSSR count). The second-order valence-electron chi connectivity index (χ2n) is 9.32. The first-order chi connectivity index (χ1) is 32.7. The second kappa shape index (κ2) is 10.2. The van der Waals surface area contributed by atoms with E-state index < -0.39 is 240 Å². The third kappa shape index (κ3) is 4.35. The van der Waals surface area contributed by atoms with Crippen molar-refractivity contribution >= 4 is 43.5 Å². The molecule has 0 N–H and O–H groups in total. The van der Waals surface area contributed by atoms with Crippen LogP contribution in [-0.2, 0) is 0 Å². The number of hydrogen-bond acceptors (Lipinski definition) is 4. The Morgan fingerprint density at radius 3 is 1.87 bits per heavy atom. The van der Waals surface area contributed by atoms with Gasteiger partial charge in [0.25, 0.3) is 0 Å². The van der Waals surface area contributed by atoms with E-state index in [0.29, 0.717) is 0 Å². The van der Waals surface area contributed by atoms with Gasteiger partial charge in [0.05, 0.1) is 34.3 Å². The van der Waals surface area contributed by atoms with Crippen molar-refractivity contribution in [3.05, 3.63) is 151 Å². The predicted octanol–water partition coefficient (Wildman–Crippen LogP) is 10.7. The summed E-state index contributed by atoms with van der Waals surface area (Å²) in [5.41, 5.74) is -4.45. The van der Waals surface area contributed by atoms with Crippen LogP contribution in [0.3, 0.4) is 0 Å². The number of fused-ring (bicyclic) bond motifs is 5. The highest BCUT2D eigenvalue weighted by Crippen LogP contribution is 2.37. The first-order valence-electron chi connectivity index (χ1n) is 25.5. The minimum absolute atomic E-state index is 0.402. The fourth-order valence-corrected chi connectivity index (χ4v) is 4.71. The molecular formula is C41H25N3O. The second-order valence-corrected chi connectivity index (χ2v) is 9.32. The van der Waals surface area contributed by atoms with Gasteiger partial charge in [-0.1, -0.05) is 127 Å². The number of aromatic nitrogens is 3. The number of para-hydroxylation sites is 1. The molecule has 45 heavy (non-hydrogen) atoms. The number of hydrogen-bond donors (Lipinski definition) is 0. The van der Waals surface area contributed by atoms with Gasteiger partial charge >= 0.3 is 0 Å². The number of nitrogens with zero attached hydrogens (tertiary/aromatic N) is 3. The average Bonchev–Trinajstić information content (AvgIpc) is 3.72. The standard InChI is InChI=1S/C41H25N3O/c1-2-11-27(12-3-1)39-42-40(44-41(43-39)35-17-9-19-37-38(35)34-15-6-7-18-36(34)45-37)31-23-21-28-24-30(22-20-29(28)25-31)33-16-8-13-26-10-4-5-14-32(26)33/h1-25H/i1D,2D,3D,4D,5D,6D,7D,8D,9D,10D,11D,12D,13D,14D,15D,16D,17D,18D,19D,20D,21D,22D,23D,24D,25D. The minimum Gasteiger partial charge on any atom is -0.456 e. The maximum atomic E-state index is 9.49. The Bertz CT molecular complexity index is 3930. The lowest BCUT2D eigenvalue weighted by molar-refractivity contribution is 0.669. The van der Waals surface area contributed by atoms with E-state index in [0.717, 1.165) is 0 Å². The van der Waals surface area contributed by atoms with Gasteiger partial charge in [-0.05, 0) is 56.8 Å². The Morgan fingerprint density at radius 2 is 1.00 bits per heavy atom. The van der Waals surface area contributed by atoms with E-state index >= 15 is 0 Å². The molecule has 0 saturated heterocycles. The van der Waals surface area contributed by atoms with Gasteiger partial charge in [-0.15, -0.1) is 0 Å². The Morgan fingerprint density at radius 1 is 0.400 bits per heavy atom. The van der Waals surface area contributed by atoms with Crippen molar-refractivity contribution in [2.75, 3.05) is 0 Å². The Kier molecular flexibility index (Phi) is 2.46. The highest BCUT2D eigenvalue weighted by molar-refractivity contribution is 6.11. The Labute approximate surface area is 294 Å². The summed E-state index contributed by atoms with van der Waals surface area (Å²) in [7, 11) is 0.